The van der Waals surface area contributed by atoms with Gasteiger partial charge in [-0.2, -0.15) is 9.37 Å². The van der Waals surface area contributed by atoms with Crippen molar-refractivity contribution in [2.45, 2.75) is 31.8 Å². The largest absolute Gasteiger partial charge is 0.478 e. The molecule has 0 aromatic carbocycles. The van der Waals surface area contributed by atoms with Gasteiger partial charge in [0, 0.05) is 18.3 Å². The zero-order valence-corrected chi connectivity index (χ0v) is 10.5. The molecule has 1 fully saturated rings. The van der Waals surface area contributed by atoms with E-state index in [9.17, 15) is 9.18 Å². The smallest absolute Gasteiger partial charge is 0.339 e. The van der Waals surface area contributed by atoms with Crippen LogP contribution in [-0.2, 0) is 6.54 Å². The van der Waals surface area contributed by atoms with E-state index < -0.39 is 11.9 Å². The van der Waals surface area contributed by atoms with E-state index in [0.717, 1.165) is 18.4 Å². The van der Waals surface area contributed by atoms with Crippen molar-refractivity contribution in [3.05, 3.63) is 35.5 Å². The first-order valence-corrected chi connectivity index (χ1v) is 6.12. The lowest BCUT2D eigenvalue weighted by atomic mass is 10.2. The third kappa shape index (κ3) is 2.31. The molecule has 6 heteroatoms. The van der Waals surface area contributed by atoms with Gasteiger partial charge in [0.05, 0.1) is 6.20 Å². The molecule has 1 aliphatic rings. The Morgan fingerprint density at radius 2 is 2.32 bits per heavy atom. The lowest BCUT2D eigenvalue weighted by molar-refractivity contribution is 0.0698. The number of aromatic carboxylic acids is 1. The van der Waals surface area contributed by atoms with Gasteiger partial charge < -0.3 is 14.8 Å². The highest BCUT2D eigenvalue weighted by atomic mass is 19.1. The second-order valence-electron chi connectivity index (χ2n) is 5.28. The van der Waals surface area contributed by atoms with Crippen LogP contribution in [0.5, 0.6) is 0 Å². The number of carboxylic acid groups (broad SMARTS) is 1. The lowest BCUT2D eigenvalue weighted by Crippen LogP contribution is -2.27. The minimum Gasteiger partial charge on any atom is -0.478 e. The fourth-order valence-corrected chi connectivity index (χ4v) is 2.06. The van der Waals surface area contributed by atoms with Crippen LogP contribution in [0, 0.1) is 5.95 Å². The number of imidazole rings is 1. The van der Waals surface area contributed by atoms with Crippen molar-refractivity contribution < 1.29 is 14.3 Å². The first-order valence-electron chi connectivity index (χ1n) is 6.12. The quantitative estimate of drug-likeness (QED) is 0.883. The van der Waals surface area contributed by atoms with E-state index in [1.165, 1.54) is 10.6 Å². The first kappa shape index (κ1) is 12.1. The van der Waals surface area contributed by atoms with Gasteiger partial charge in [-0.15, -0.1) is 0 Å². The van der Waals surface area contributed by atoms with Crippen LogP contribution in [0.2, 0.25) is 0 Å². The number of hydrogen-bond donors (Lipinski definition) is 2. The molecular weight excluding hydrogens is 249 g/mol. The van der Waals surface area contributed by atoms with E-state index in [0.29, 0.717) is 6.54 Å². The minimum atomic E-state index is -1.10. The molecular formula is C13H14FN3O2. The summed E-state index contributed by atoms with van der Waals surface area (Å²) in [5.41, 5.74) is 1.12. The van der Waals surface area contributed by atoms with Crippen LogP contribution in [0.25, 0.3) is 5.65 Å². The van der Waals surface area contributed by atoms with E-state index in [2.05, 4.69) is 17.2 Å². The number of nitrogens with zero attached hydrogens (tertiary/aromatic N) is 2. The second kappa shape index (κ2) is 4.03. The third-order valence-corrected chi connectivity index (χ3v) is 3.53. The number of carbonyl (C=O) groups is 1. The van der Waals surface area contributed by atoms with Crippen molar-refractivity contribution in [3.63, 3.8) is 0 Å². The fourth-order valence-electron chi connectivity index (χ4n) is 2.06. The van der Waals surface area contributed by atoms with Crippen molar-refractivity contribution in [1.29, 1.82) is 0 Å². The Balaban J connectivity index is 1.98. The highest BCUT2D eigenvalue weighted by Crippen LogP contribution is 2.34. The Morgan fingerprint density at radius 1 is 1.58 bits per heavy atom. The number of hydrogen-bond acceptors (Lipinski definition) is 3. The van der Waals surface area contributed by atoms with Crippen LogP contribution in [0.4, 0.5) is 4.39 Å². The first-order chi connectivity index (χ1) is 8.97. The zero-order chi connectivity index (χ0) is 13.6. The molecule has 0 amide bonds. The molecule has 0 bridgehead atoms. The molecule has 0 unspecified atom stereocenters. The summed E-state index contributed by atoms with van der Waals surface area (Å²) in [4.78, 5) is 14.8. The van der Waals surface area contributed by atoms with Gasteiger partial charge in [-0.1, -0.05) is 0 Å². The number of pyridine rings is 1. The molecule has 3 rings (SSSR count). The summed E-state index contributed by atoms with van der Waals surface area (Å²) in [5, 5.41) is 12.5. The Labute approximate surface area is 109 Å². The van der Waals surface area contributed by atoms with E-state index in [1.807, 2.05) is 0 Å². The molecule has 0 aliphatic heterocycles. The van der Waals surface area contributed by atoms with E-state index in [1.54, 1.807) is 12.3 Å². The van der Waals surface area contributed by atoms with Crippen LogP contribution < -0.4 is 5.32 Å². The van der Waals surface area contributed by atoms with Crippen molar-refractivity contribution in [3.8, 4) is 0 Å². The summed E-state index contributed by atoms with van der Waals surface area (Å²) in [5.74, 6) is -1.78. The standard InChI is InChI=1S/C13H14FN3O2/c1-13(2-3-13)15-5-8-4-9(12(18)19)11-16-10(14)7-17(11)6-8/h4,6-7,15H,2-3,5H2,1H3,(H,18,19). The van der Waals surface area contributed by atoms with Crippen LogP contribution in [0.15, 0.2) is 18.5 Å². The average Bonchev–Trinajstić information content (AvgIpc) is 2.96. The molecule has 0 radical (unpaired) electrons. The molecule has 2 aromatic rings. The Kier molecular flexibility index (Phi) is 2.56. The molecule has 1 saturated carbocycles. The van der Waals surface area contributed by atoms with Gasteiger partial charge in [0.25, 0.3) is 0 Å². The Hall–Kier alpha value is -1.95. The summed E-state index contributed by atoms with van der Waals surface area (Å²) >= 11 is 0. The number of halogens is 1. The maximum Gasteiger partial charge on any atom is 0.339 e. The van der Waals surface area contributed by atoms with Gasteiger partial charge in [0.15, 0.2) is 5.65 Å². The van der Waals surface area contributed by atoms with Gasteiger partial charge in [0.1, 0.15) is 5.56 Å². The van der Waals surface area contributed by atoms with Crippen LogP contribution in [0.3, 0.4) is 0 Å². The lowest BCUT2D eigenvalue weighted by Gasteiger charge is -2.12. The fraction of sp³-hybridized carbons (Fsp3) is 0.385. The van der Waals surface area contributed by atoms with Gasteiger partial charge in [-0.3, -0.25) is 0 Å². The Morgan fingerprint density at radius 3 is 2.95 bits per heavy atom. The van der Waals surface area contributed by atoms with Gasteiger partial charge >= 0.3 is 5.97 Å². The average molecular weight is 263 g/mol. The molecule has 0 atom stereocenters. The third-order valence-electron chi connectivity index (χ3n) is 3.53. The number of nitrogens with one attached hydrogen (secondary N) is 1. The Bertz CT molecular complexity index is 661. The number of rotatable bonds is 4. The maximum atomic E-state index is 13.1. The molecule has 19 heavy (non-hydrogen) atoms. The summed E-state index contributed by atoms with van der Waals surface area (Å²) in [6.45, 7) is 2.69. The molecule has 5 nitrogen and oxygen atoms in total. The topological polar surface area (TPSA) is 66.6 Å². The van der Waals surface area contributed by atoms with E-state index in [4.69, 9.17) is 5.11 Å². The van der Waals surface area contributed by atoms with Gasteiger partial charge in [0.2, 0.25) is 5.95 Å². The van der Waals surface area contributed by atoms with Crippen LogP contribution in [-0.4, -0.2) is 26.0 Å². The summed E-state index contributed by atoms with van der Waals surface area (Å²) in [6.07, 6.45) is 5.14. The van der Waals surface area contributed by atoms with E-state index in [-0.39, 0.29) is 16.7 Å². The van der Waals surface area contributed by atoms with Crippen molar-refractivity contribution in [2.75, 3.05) is 0 Å². The molecule has 0 spiro atoms. The number of carboxylic acids is 1. The molecule has 1 aliphatic carbocycles. The monoisotopic (exact) mass is 263 g/mol. The van der Waals surface area contributed by atoms with E-state index >= 15 is 0 Å². The van der Waals surface area contributed by atoms with Crippen LogP contribution >= 0.6 is 0 Å². The highest BCUT2D eigenvalue weighted by Gasteiger charge is 2.36. The van der Waals surface area contributed by atoms with Crippen molar-refractivity contribution in [2.24, 2.45) is 0 Å². The molecule has 100 valence electrons. The number of aromatic nitrogens is 2. The number of fused-ring (bicyclic) bond motifs is 1. The molecule has 2 aromatic heterocycles. The molecule has 0 saturated heterocycles. The predicted molar refractivity (Wildman–Crippen MR) is 66.6 cm³/mol. The predicted octanol–water partition coefficient (Wildman–Crippen LogP) is 1.81. The maximum absolute atomic E-state index is 13.1. The normalized spacial score (nSPS) is 16.7. The van der Waals surface area contributed by atoms with Crippen molar-refractivity contribution in [1.82, 2.24) is 14.7 Å². The second-order valence-corrected chi connectivity index (χ2v) is 5.28. The molecule has 2 heterocycles. The summed E-state index contributed by atoms with van der Waals surface area (Å²) in [6, 6.07) is 1.54. The zero-order valence-electron chi connectivity index (χ0n) is 10.5. The van der Waals surface area contributed by atoms with Gasteiger partial charge in [-0.25, -0.2) is 4.79 Å². The SMILES string of the molecule is CC1(NCc2cc(C(=O)O)c3nc(F)cn3c2)CC1. The highest BCUT2D eigenvalue weighted by molar-refractivity contribution is 5.94. The van der Waals surface area contributed by atoms with Gasteiger partial charge in [-0.05, 0) is 31.4 Å². The summed E-state index contributed by atoms with van der Waals surface area (Å²) < 4.78 is 14.6. The van der Waals surface area contributed by atoms with Crippen LogP contribution in [0.1, 0.15) is 35.7 Å². The van der Waals surface area contributed by atoms with Crippen molar-refractivity contribution >= 4 is 11.6 Å². The summed E-state index contributed by atoms with van der Waals surface area (Å²) in [7, 11) is 0. The molecule has 2 N–H and O–H groups in total. The minimum absolute atomic E-state index is 0.0177.